The third kappa shape index (κ3) is 2.46. The van der Waals surface area contributed by atoms with E-state index in [1.54, 1.807) is 4.90 Å². The van der Waals surface area contributed by atoms with Gasteiger partial charge in [0.05, 0.1) is 0 Å². The van der Waals surface area contributed by atoms with Crippen molar-refractivity contribution in [2.75, 3.05) is 13.1 Å². The molecule has 0 radical (unpaired) electrons. The summed E-state index contributed by atoms with van der Waals surface area (Å²) in [6.45, 7) is 3.35. The van der Waals surface area contributed by atoms with E-state index in [-0.39, 0.29) is 22.9 Å². The Balaban J connectivity index is 2.15. The number of nitrogens with zero attached hydrogens (tertiary/aromatic N) is 1. The first-order valence-electron chi connectivity index (χ1n) is 6.35. The monoisotopic (exact) mass is 249 g/mol. The molecule has 5 heteroatoms. The maximum absolute atomic E-state index is 12.3. The van der Waals surface area contributed by atoms with Crippen molar-refractivity contribution >= 4 is 5.91 Å². The molecule has 1 aromatic heterocycles. The van der Waals surface area contributed by atoms with E-state index in [0.717, 1.165) is 12.8 Å². The smallest absolute Gasteiger partial charge is 0.259 e. The van der Waals surface area contributed by atoms with Gasteiger partial charge in [0.15, 0.2) is 5.43 Å². The van der Waals surface area contributed by atoms with E-state index in [1.165, 1.54) is 18.5 Å². The predicted octanol–water partition coefficient (Wildman–Crippen LogP) is 0.574. The van der Waals surface area contributed by atoms with Gasteiger partial charge >= 0.3 is 0 Å². The summed E-state index contributed by atoms with van der Waals surface area (Å²) >= 11 is 0. The molecule has 3 N–H and O–H groups in total. The number of likely N-dealkylation sites (tertiary alicyclic amines) is 1. The molecule has 0 aliphatic carbocycles. The molecule has 2 unspecified atom stereocenters. The number of aromatic nitrogens is 1. The molecule has 1 aromatic rings. The maximum Gasteiger partial charge on any atom is 0.259 e. The number of amides is 1. The predicted molar refractivity (Wildman–Crippen MR) is 69.3 cm³/mol. The van der Waals surface area contributed by atoms with E-state index in [4.69, 9.17) is 5.73 Å². The minimum atomic E-state index is -0.235. The molecule has 1 aliphatic rings. The van der Waals surface area contributed by atoms with Gasteiger partial charge in [-0.05, 0) is 12.3 Å². The van der Waals surface area contributed by atoms with Gasteiger partial charge in [-0.25, -0.2) is 0 Å². The van der Waals surface area contributed by atoms with E-state index in [1.807, 2.05) is 0 Å². The minimum Gasteiger partial charge on any atom is -0.367 e. The van der Waals surface area contributed by atoms with E-state index < -0.39 is 0 Å². The van der Waals surface area contributed by atoms with Crippen LogP contribution < -0.4 is 11.2 Å². The normalized spacial score (nSPS) is 24.0. The Hall–Kier alpha value is -1.62. The quantitative estimate of drug-likeness (QED) is 0.804. The summed E-state index contributed by atoms with van der Waals surface area (Å²) in [5.41, 5.74) is 5.99. The Bertz CT molecular complexity index is 483. The average Bonchev–Trinajstić information content (AvgIpc) is 2.39. The number of piperidine rings is 1. The van der Waals surface area contributed by atoms with Gasteiger partial charge in [0.1, 0.15) is 5.56 Å². The lowest BCUT2D eigenvalue weighted by Gasteiger charge is -2.36. The van der Waals surface area contributed by atoms with Crippen LogP contribution in [-0.4, -0.2) is 34.9 Å². The largest absolute Gasteiger partial charge is 0.367 e. The fourth-order valence-electron chi connectivity index (χ4n) is 2.42. The molecule has 1 amide bonds. The zero-order valence-corrected chi connectivity index (χ0v) is 10.6. The van der Waals surface area contributed by atoms with Crippen LogP contribution in [0, 0.1) is 5.92 Å². The van der Waals surface area contributed by atoms with Crippen molar-refractivity contribution in [2.24, 2.45) is 11.7 Å². The highest BCUT2D eigenvalue weighted by Gasteiger charge is 2.29. The topological polar surface area (TPSA) is 79.2 Å². The van der Waals surface area contributed by atoms with E-state index in [2.05, 4.69) is 11.9 Å². The lowest BCUT2D eigenvalue weighted by Crippen LogP contribution is -2.49. The number of carbonyl (C=O) groups is 1. The van der Waals surface area contributed by atoms with Gasteiger partial charge < -0.3 is 15.6 Å². The van der Waals surface area contributed by atoms with Crippen LogP contribution in [0.15, 0.2) is 23.3 Å². The van der Waals surface area contributed by atoms with Gasteiger partial charge in [0, 0.05) is 37.6 Å². The number of rotatable bonds is 2. The lowest BCUT2D eigenvalue weighted by atomic mass is 9.90. The number of aromatic amines is 1. The number of nitrogens with one attached hydrogen (secondary N) is 1. The zero-order valence-electron chi connectivity index (χ0n) is 10.6. The second-order valence-corrected chi connectivity index (χ2v) is 4.79. The Labute approximate surface area is 106 Å². The van der Waals surface area contributed by atoms with Crippen LogP contribution in [-0.2, 0) is 0 Å². The van der Waals surface area contributed by atoms with Crippen molar-refractivity contribution in [2.45, 2.75) is 25.8 Å². The molecule has 98 valence electrons. The number of hydrogen-bond acceptors (Lipinski definition) is 3. The summed E-state index contributed by atoms with van der Waals surface area (Å²) in [6, 6.07) is 1.54. The van der Waals surface area contributed by atoms with Crippen LogP contribution in [0.25, 0.3) is 0 Å². The van der Waals surface area contributed by atoms with E-state index in [0.29, 0.717) is 19.0 Å². The molecule has 2 rings (SSSR count). The molecule has 2 atom stereocenters. The van der Waals surface area contributed by atoms with Gasteiger partial charge in [0.25, 0.3) is 5.91 Å². The Morgan fingerprint density at radius 2 is 2.39 bits per heavy atom. The fraction of sp³-hybridized carbons (Fsp3) is 0.538. The van der Waals surface area contributed by atoms with E-state index in [9.17, 15) is 9.59 Å². The minimum absolute atomic E-state index is 0.160. The van der Waals surface area contributed by atoms with Crippen molar-refractivity contribution in [1.29, 1.82) is 0 Å². The van der Waals surface area contributed by atoms with Gasteiger partial charge in [-0.2, -0.15) is 0 Å². The van der Waals surface area contributed by atoms with Gasteiger partial charge in [-0.15, -0.1) is 0 Å². The molecule has 1 saturated heterocycles. The second-order valence-electron chi connectivity index (χ2n) is 4.79. The zero-order chi connectivity index (χ0) is 13.1. The molecule has 0 saturated carbocycles. The number of carbonyl (C=O) groups excluding carboxylic acids is 1. The van der Waals surface area contributed by atoms with Gasteiger partial charge in [-0.1, -0.05) is 13.3 Å². The molecule has 0 spiro atoms. The van der Waals surface area contributed by atoms with Crippen LogP contribution in [0.3, 0.4) is 0 Å². The van der Waals surface area contributed by atoms with Crippen molar-refractivity contribution in [3.05, 3.63) is 34.2 Å². The fourth-order valence-corrected chi connectivity index (χ4v) is 2.42. The Morgan fingerprint density at radius 1 is 1.61 bits per heavy atom. The molecule has 1 fully saturated rings. The number of hydrogen-bond donors (Lipinski definition) is 2. The third-order valence-electron chi connectivity index (χ3n) is 3.66. The molecule has 1 aliphatic heterocycles. The molecular weight excluding hydrogens is 230 g/mol. The molecule has 0 aromatic carbocycles. The SMILES string of the molecule is CCC1CN(C(=O)c2c[nH]ccc2=O)CCC1N. The summed E-state index contributed by atoms with van der Waals surface area (Å²) in [7, 11) is 0. The Kier molecular flexibility index (Phi) is 3.81. The molecule has 18 heavy (non-hydrogen) atoms. The van der Waals surface area contributed by atoms with Crippen LogP contribution in [0.4, 0.5) is 0 Å². The Morgan fingerprint density at radius 3 is 3.06 bits per heavy atom. The first kappa shape index (κ1) is 12.8. The van der Waals surface area contributed by atoms with Crippen molar-refractivity contribution in [3.8, 4) is 0 Å². The summed E-state index contributed by atoms with van der Waals surface area (Å²) in [5.74, 6) is 0.132. The molecule has 5 nitrogen and oxygen atoms in total. The summed E-state index contributed by atoms with van der Waals surface area (Å²) in [5, 5.41) is 0. The summed E-state index contributed by atoms with van der Waals surface area (Å²) < 4.78 is 0. The number of nitrogens with two attached hydrogens (primary N) is 1. The second kappa shape index (κ2) is 5.35. The lowest BCUT2D eigenvalue weighted by molar-refractivity contribution is 0.0647. The number of H-pyrrole nitrogens is 1. The van der Waals surface area contributed by atoms with Gasteiger partial charge in [0.2, 0.25) is 0 Å². The molecule has 2 heterocycles. The maximum atomic E-state index is 12.3. The highest BCUT2D eigenvalue weighted by molar-refractivity contribution is 5.93. The van der Waals surface area contributed by atoms with Crippen LogP contribution in [0.1, 0.15) is 30.1 Å². The first-order chi connectivity index (χ1) is 8.63. The van der Waals surface area contributed by atoms with Crippen LogP contribution in [0.5, 0.6) is 0 Å². The van der Waals surface area contributed by atoms with Crippen molar-refractivity contribution in [3.63, 3.8) is 0 Å². The van der Waals surface area contributed by atoms with Crippen LogP contribution in [0.2, 0.25) is 0 Å². The third-order valence-corrected chi connectivity index (χ3v) is 3.66. The molecular formula is C13H19N3O2. The summed E-state index contributed by atoms with van der Waals surface area (Å²) in [4.78, 5) is 28.4. The highest BCUT2D eigenvalue weighted by atomic mass is 16.2. The molecule has 0 bridgehead atoms. The average molecular weight is 249 g/mol. The van der Waals surface area contributed by atoms with Crippen molar-refractivity contribution < 1.29 is 4.79 Å². The first-order valence-corrected chi connectivity index (χ1v) is 6.35. The van der Waals surface area contributed by atoms with Crippen molar-refractivity contribution in [1.82, 2.24) is 9.88 Å². The van der Waals surface area contributed by atoms with Crippen LogP contribution >= 0.6 is 0 Å². The highest BCUT2D eigenvalue weighted by Crippen LogP contribution is 2.19. The summed E-state index contributed by atoms with van der Waals surface area (Å²) in [6.07, 6.45) is 4.76. The van der Waals surface area contributed by atoms with E-state index >= 15 is 0 Å². The van der Waals surface area contributed by atoms with Gasteiger partial charge in [-0.3, -0.25) is 9.59 Å². The number of pyridine rings is 1. The standard InChI is InChI=1S/C13H19N3O2/c1-2-9-8-16(6-4-11(9)14)13(18)10-7-15-5-3-12(10)17/h3,5,7,9,11H,2,4,6,8,14H2,1H3,(H,15,17).